The van der Waals surface area contributed by atoms with E-state index in [-0.39, 0.29) is 11.3 Å². The van der Waals surface area contributed by atoms with E-state index in [2.05, 4.69) is 9.84 Å². The van der Waals surface area contributed by atoms with Crippen molar-refractivity contribution in [2.45, 2.75) is 19.3 Å². The first-order valence-corrected chi connectivity index (χ1v) is 7.30. The lowest BCUT2D eigenvalue weighted by molar-refractivity contribution is -0.138. The van der Waals surface area contributed by atoms with Gasteiger partial charge in [-0.3, -0.25) is 9.59 Å². The van der Waals surface area contributed by atoms with Crippen LogP contribution in [0, 0.1) is 0 Å². The maximum Gasteiger partial charge on any atom is 0.417 e. The molecule has 27 heavy (non-hydrogen) atoms. The van der Waals surface area contributed by atoms with Crippen molar-refractivity contribution in [3.8, 4) is 5.75 Å². The Morgan fingerprint density at radius 1 is 1.22 bits per heavy atom. The number of nitrogens with one attached hydrogen (secondary N) is 1. The Hall–Kier alpha value is -3.24. The summed E-state index contributed by atoms with van der Waals surface area (Å²) in [6.07, 6.45) is -3.14. The molecular weight excluding hydrogens is 377 g/mol. The van der Waals surface area contributed by atoms with E-state index >= 15 is 0 Å². The zero-order valence-corrected chi connectivity index (χ0v) is 13.4. The molecule has 2 aromatic rings. The first kappa shape index (κ1) is 20.1. The van der Waals surface area contributed by atoms with E-state index in [9.17, 15) is 31.5 Å². The lowest BCUT2D eigenvalue weighted by Crippen LogP contribution is -2.30. The van der Waals surface area contributed by atoms with Crippen LogP contribution in [0.1, 0.15) is 11.1 Å². The molecule has 0 saturated heterocycles. The first-order valence-electron chi connectivity index (χ1n) is 7.30. The zero-order chi connectivity index (χ0) is 20.0. The molecule has 2 rings (SSSR count). The summed E-state index contributed by atoms with van der Waals surface area (Å²) >= 11 is 0. The molecule has 0 spiro atoms. The first-order chi connectivity index (χ1) is 12.7. The van der Waals surface area contributed by atoms with Crippen LogP contribution in [0.5, 0.6) is 5.75 Å². The molecule has 11 heteroatoms. The van der Waals surface area contributed by atoms with Gasteiger partial charge in [0.05, 0.1) is 11.8 Å². The van der Waals surface area contributed by atoms with Crippen molar-refractivity contribution >= 4 is 12.1 Å². The Labute approximate surface area is 148 Å². The van der Waals surface area contributed by atoms with Crippen LogP contribution in [0.4, 0.5) is 22.0 Å². The van der Waals surface area contributed by atoms with E-state index in [4.69, 9.17) is 0 Å². The van der Waals surface area contributed by atoms with Gasteiger partial charge in [-0.05, 0) is 18.2 Å². The number of benzene rings is 1. The molecule has 0 fully saturated rings. The van der Waals surface area contributed by atoms with Gasteiger partial charge in [0.1, 0.15) is 12.3 Å². The van der Waals surface area contributed by atoms with Crippen molar-refractivity contribution in [2.75, 3.05) is 0 Å². The Bertz CT molecular complexity index is 893. The van der Waals surface area contributed by atoms with Gasteiger partial charge in [0.15, 0.2) is 0 Å². The van der Waals surface area contributed by atoms with Crippen LogP contribution in [-0.2, 0) is 17.5 Å². The molecule has 0 bridgehead atoms. The molecule has 0 aliphatic rings. The zero-order valence-electron chi connectivity index (χ0n) is 13.4. The van der Waals surface area contributed by atoms with Crippen molar-refractivity contribution in [1.82, 2.24) is 9.99 Å². The van der Waals surface area contributed by atoms with Gasteiger partial charge < -0.3 is 9.30 Å². The maximum atomic E-state index is 12.7. The van der Waals surface area contributed by atoms with Gasteiger partial charge in [-0.25, -0.2) is 5.43 Å². The van der Waals surface area contributed by atoms with Crippen LogP contribution >= 0.6 is 0 Å². The number of hydrazone groups is 1. The molecule has 1 aromatic carbocycles. The molecule has 0 unspecified atom stereocenters. The fourth-order valence-electron chi connectivity index (χ4n) is 1.98. The van der Waals surface area contributed by atoms with Gasteiger partial charge in [0.2, 0.25) is 0 Å². The van der Waals surface area contributed by atoms with Crippen molar-refractivity contribution in [3.05, 3.63) is 64.1 Å². The van der Waals surface area contributed by atoms with E-state index in [0.717, 1.165) is 6.21 Å². The van der Waals surface area contributed by atoms with Crippen molar-refractivity contribution in [1.29, 1.82) is 0 Å². The summed E-state index contributed by atoms with van der Waals surface area (Å²) in [5.41, 5.74) is 0.232. The van der Waals surface area contributed by atoms with Crippen LogP contribution < -0.4 is 15.7 Å². The Kier molecular flexibility index (Phi) is 6.27. The lowest BCUT2D eigenvalue weighted by Gasteiger charge is -2.10. The third kappa shape index (κ3) is 5.90. The van der Waals surface area contributed by atoms with Gasteiger partial charge in [0, 0.05) is 17.8 Å². The Morgan fingerprint density at radius 3 is 2.59 bits per heavy atom. The molecule has 0 aliphatic heterocycles. The van der Waals surface area contributed by atoms with Crippen molar-refractivity contribution in [2.24, 2.45) is 5.10 Å². The van der Waals surface area contributed by atoms with Gasteiger partial charge in [-0.1, -0.05) is 12.1 Å². The molecule has 1 amide bonds. The molecular formula is C16H12F5N3O3. The number of alkyl halides is 5. The van der Waals surface area contributed by atoms with Crippen LogP contribution in [0.2, 0.25) is 0 Å². The highest BCUT2D eigenvalue weighted by molar-refractivity contribution is 5.85. The summed E-state index contributed by atoms with van der Waals surface area (Å²) in [6.45, 7) is -3.77. The predicted molar refractivity (Wildman–Crippen MR) is 84.5 cm³/mol. The van der Waals surface area contributed by atoms with Crippen molar-refractivity contribution < 1.29 is 31.5 Å². The highest BCUT2D eigenvalue weighted by Crippen LogP contribution is 2.27. The number of hydrogen-bond acceptors (Lipinski definition) is 4. The topological polar surface area (TPSA) is 72.7 Å². The standard InChI is InChI=1S/C16H12F5N3O3/c17-15(18)27-12-4-2-1-3-10(12)7-22-23-13(25)9-24-8-11(16(19,20)21)5-6-14(24)26/h1-8,15H,9H2,(H,23,25)/b22-7+. The highest BCUT2D eigenvalue weighted by Gasteiger charge is 2.31. The monoisotopic (exact) mass is 389 g/mol. The summed E-state index contributed by atoms with van der Waals surface area (Å²) in [4.78, 5) is 23.3. The second-order valence-electron chi connectivity index (χ2n) is 5.09. The second kappa shape index (κ2) is 8.43. The molecule has 0 aliphatic carbocycles. The van der Waals surface area contributed by atoms with E-state index in [1.807, 2.05) is 5.43 Å². The second-order valence-corrected chi connectivity index (χ2v) is 5.09. The average Bonchev–Trinajstić information content (AvgIpc) is 2.57. The SMILES string of the molecule is O=C(Cn1cc(C(F)(F)F)ccc1=O)N/N=C/c1ccccc1OC(F)F. The molecule has 1 heterocycles. The molecule has 6 nitrogen and oxygen atoms in total. The quantitative estimate of drug-likeness (QED) is 0.469. The van der Waals surface area contributed by atoms with Gasteiger partial charge in [-0.15, -0.1) is 0 Å². The number of hydrogen-bond donors (Lipinski definition) is 1. The minimum Gasteiger partial charge on any atom is -0.434 e. The highest BCUT2D eigenvalue weighted by atomic mass is 19.4. The number of para-hydroxylation sites is 1. The Morgan fingerprint density at radius 2 is 1.93 bits per heavy atom. The number of amides is 1. The number of halogens is 5. The summed E-state index contributed by atoms with van der Waals surface area (Å²) in [5, 5.41) is 3.52. The minimum absolute atomic E-state index is 0.134. The maximum absolute atomic E-state index is 12.7. The number of aromatic nitrogens is 1. The molecule has 1 N–H and O–H groups in total. The van der Waals surface area contributed by atoms with E-state index in [0.29, 0.717) is 22.9 Å². The third-order valence-corrected chi connectivity index (χ3v) is 3.15. The lowest BCUT2D eigenvalue weighted by atomic mass is 10.2. The fraction of sp³-hybridized carbons (Fsp3) is 0.188. The number of carbonyl (C=O) groups excluding carboxylic acids is 1. The molecule has 144 valence electrons. The fourth-order valence-corrected chi connectivity index (χ4v) is 1.98. The van der Waals surface area contributed by atoms with E-state index in [1.165, 1.54) is 24.3 Å². The smallest absolute Gasteiger partial charge is 0.417 e. The number of pyridine rings is 1. The third-order valence-electron chi connectivity index (χ3n) is 3.15. The van der Waals surface area contributed by atoms with Crippen LogP contribution in [0.3, 0.4) is 0 Å². The van der Waals surface area contributed by atoms with Crippen molar-refractivity contribution in [3.63, 3.8) is 0 Å². The predicted octanol–water partition coefficient (Wildman–Crippen LogP) is 2.62. The minimum atomic E-state index is -4.67. The number of nitrogens with zero attached hydrogens (tertiary/aromatic N) is 2. The summed E-state index contributed by atoms with van der Waals surface area (Å²) in [7, 11) is 0. The molecule has 0 saturated carbocycles. The van der Waals surface area contributed by atoms with Gasteiger partial charge in [0.25, 0.3) is 11.5 Å². The summed E-state index contributed by atoms with van der Waals surface area (Å²) in [5.74, 6) is -1.07. The molecule has 0 radical (unpaired) electrons. The Balaban J connectivity index is 2.05. The number of carbonyl (C=O) groups is 1. The van der Waals surface area contributed by atoms with E-state index in [1.54, 1.807) is 0 Å². The van der Waals surface area contributed by atoms with Crippen LogP contribution in [-0.4, -0.2) is 23.3 Å². The van der Waals surface area contributed by atoms with Gasteiger partial charge >= 0.3 is 12.8 Å². The molecule has 1 aromatic heterocycles. The molecule has 0 atom stereocenters. The largest absolute Gasteiger partial charge is 0.434 e. The number of ether oxygens (including phenoxy) is 1. The normalized spacial score (nSPS) is 11.8. The van der Waals surface area contributed by atoms with Gasteiger partial charge in [-0.2, -0.15) is 27.1 Å². The van der Waals surface area contributed by atoms with Crippen LogP contribution in [0.25, 0.3) is 0 Å². The summed E-state index contributed by atoms with van der Waals surface area (Å²) < 4.78 is 67.4. The number of rotatable bonds is 6. The summed E-state index contributed by atoms with van der Waals surface area (Å²) in [6, 6.07) is 6.92. The van der Waals surface area contributed by atoms with Crippen LogP contribution in [0.15, 0.2) is 52.5 Å². The average molecular weight is 389 g/mol. The van der Waals surface area contributed by atoms with E-state index < -0.39 is 36.4 Å².